The lowest BCUT2D eigenvalue weighted by atomic mass is 9.71. The number of carbonyl (C=O) groups is 1. The Bertz CT molecular complexity index is 765. The lowest BCUT2D eigenvalue weighted by Gasteiger charge is -2.52. The number of fused-ring (bicyclic) bond motifs is 2. The fourth-order valence-corrected chi connectivity index (χ4v) is 7.78. The summed E-state index contributed by atoms with van der Waals surface area (Å²) >= 11 is 0. The Morgan fingerprint density at radius 1 is 1.17 bits per heavy atom. The summed E-state index contributed by atoms with van der Waals surface area (Å²) in [6.07, 6.45) is 5.12. The Kier molecular flexibility index (Phi) is 7.53. The standard InChI is InChI=1S/C25H47N5O4Si/c1-25(32)10-5-13-34-19-9-12-27-23-22(19)30(24(31)29(23)16-33-14-15-35(2,3)4)20-7-6-18-21(28-20)17(25)8-11-26-18/h17-23,26-28,32H,5-16H2,1-4H3. The third-order valence-corrected chi connectivity index (χ3v) is 10.7. The fraction of sp³-hybridized carbons (Fsp3) is 0.960. The lowest BCUT2D eigenvalue weighted by molar-refractivity contribution is -0.0887. The second kappa shape index (κ2) is 10.2. The molecule has 5 fully saturated rings. The molecular formula is C25H47N5O4Si. The van der Waals surface area contributed by atoms with Crippen LogP contribution in [0.3, 0.4) is 0 Å². The largest absolute Gasteiger partial charge is 0.390 e. The van der Waals surface area contributed by atoms with E-state index in [0.717, 1.165) is 57.7 Å². The van der Waals surface area contributed by atoms with Crippen LogP contribution in [-0.4, -0.2) is 104 Å². The van der Waals surface area contributed by atoms with E-state index in [1.165, 1.54) is 0 Å². The van der Waals surface area contributed by atoms with Gasteiger partial charge in [0.25, 0.3) is 0 Å². The summed E-state index contributed by atoms with van der Waals surface area (Å²) < 4.78 is 12.5. The van der Waals surface area contributed by atoms with Gasteiger partial charge in [0.2, 0.25) is 0 Å². The number of amides is 2. The average molecular weight is 510 g/mol. The summed E-state index contributed by atoms with van der Waals surface area (Å²) in [6, 6.07) is 1.58. The maximum Gasteiger partial charge on any atom is 0.324 e. The number of hydrogen-bond acceptors (Lipinski definition) is 7. The first-order valence-electron chi connectivity index (χ1n) is 13.9. The zero-order valence-electron chi connectivity index (χ0n) is 22.1. The fourth-order valence-electron chi connectivity index (χ4n) is 7.02. The Balaban J connectivity index is 1.39. The van der Waals surface area contributed by atoms with Crippen LogP contribution in [0.2, 0.25) is 25.7 Å². The zero-order valence-corrected chi connectivity index (χ0v) is 23.1. The van der Waals surface area contributed by atoms with E-state index in [-0.39, 0.29) is 42.5 Å². The molecule has 0 aromatic rings. The second-order valence-corrected chi connectivity index (χ2v) is 18.4. The molecule has 35 heavy (non-hydrogen) atoms. The summed E-state index contributed by atoms with van der Waals surface area (Å²) in [5.74, 6) is 0.158. The topological polar surface area (TPSA) is 98.3 Å². The molecule has 200 valence electrons. The molecule has 0 aliphatic carbocycles. The van der Waals surface area contributed by atoms with Crippen LogP contribution in [0.5, 0.6) is 0 Å². The predicted octanol–water partition coefficient (Wildman–Crippen LogP) is 1.71. The van der Waals surface area contributed by atoms with Gasteiger partial charge >= 0.3 is 6.03 Å². The van der Waals surface area contributed by atoms with Gasteiger partial charge in [-0.15, -0.1) is 0 Å². The molecule has 5 aliphatic rings. The predicted molar refractivity (Wildman–Crippen MR) is 138 cm³/mol. The van der Waals surface area contributed by atoms with Gasteiger partial charge in [-0.25, -0.2) is 4.79 Å². The van der Waals surface area contributed by atoms with Crippen LogP contribution >= 0.6 is 0 Å². The maximum atomic E-state index is 13.9. The van der Waals surface area contributed by atoms with Gasteiger partial charge in [-0.3, -0.25) is 20.4 Å². The molecule has 5 aliphatic heterocycles. The van der Waals surface area contributed by atoms with Crippen molar-refractivity contribution in [1.82, 2.24) is 25.8 Å². The number of urea groups is 1. The summed E-state index contributed by atoms with van der Waals surface area (Å²) in [5, 5.41) is 22.6. The third kappa shape index (κ3) is 5.30. The number of nitrogens with one attached hydrogen (secondary N) is 3. The van der Waals surface area contributed by atoms with E-state index in [1.54, 1.807) is 0 Å². The van der Waals surface area contributed by atoms with Gasteiger partial charge in [-0.1, -0.05) is 19.6 Å². The van der Waals surface area contributed by atoms with E-state index in [1.807, 2.05) is 11.8 Å². The molecule has 0 radical (unpaired) electrons. The monoisotopic (exact) mass is 509 g/mol. The molecule has 0 aromatic carbocycles. The number of rotatable bonds is 5. The molecular weight excluding hydrogens is 462 g/mol. The molecule has 9 nitrogen and oxygen atoms in total. The van der Waals surface area contributed by atoms with Gasteiger partial charge in [-0.2, -0.15) is 0 Å². The molecule has 8 atom stereocenters. The zero-order chi connectivity index (χ0) is 24.8. The minimum absolute atomic E-state index is 0.0126. The molecule has 5 heterocycles. The van der Waals surface area contributed by atoms with Crippen molar-refractivity contribution in [3.8, 4) is 0 Å². The third-order valence-electron chi connectivity index (χ3n) is 9.00. The highest BCUT2D eigenvalue weighted by Crippen LogP contribution is 2.39. The first-order chi connectivity index (χ1) is 16.7. The van der Waals surface area contributed by atoms with Gasteiger partial charge in [0.1, 0.15) is 12.9 Å². The Hall–Kier alpha value is -0.753. The van der Waals surface area contributed by atoms with Gasteiger partial charge < -0.3 is 19.9 Å². The first-order valence-corrected chi connectivity index (χ1v) is 17.6. The van der Waals surface area contributed by atoms with Crippen LogP contribution in [0.25, 0.3) is 0 Å². The van der Waals surface area contributed by atoms with E-state index in [0.29, 0.717) is 26.0 Å². The first kappa shape index (κ1) is 25.9. The number of hydrogen-bond donors (Lipinski definition) is 4. The lowest BCUT2D eigenvalue weighted by Crippen LogP contribution is -2.70. The minimum atomic E-state index is -1.19. The highest BCUT2D eigenvalue weighted by molar-refractivity contribution is 6.76. The van der Waals surface area contributed by atoms with Crippen LogP contribution in [0, 0.1) is 5.92 Å². The average Bonchev–Trinajstić information content (AvgIpc) is 3.09. The molecule has 2 bridgehead atoms. The van der Waals surface area contributed by atoms with E-state index >= 15 is 0 Å². The van der Waals surface area contributed by atoms with Crippen molar-refractivity contribution >= 4 is 14.1 Å². The van der Waals surface area contributed by atoms with Crippen LogP contribution in [0.15, 0.2) is 0 Å². The van der Waals surface area contributed by atoms with Gasteiger partial charge in [-0.05, 0) is 64.6 Å². The Morgan fingerprint density at radius 3 is 2.77 bits per heavy atom. The van der Waals surface area contributed by atoms with Crippen LogP contribution in [-0.2, 0) is 9.47 Å². The number of nitrogens with zero attached hydrogens (tertiary/aromatic N) is 2. The molecule has 0 aromatic heterocycles. The molecule has 0 spiro atoms. The molecule has 0 saturated carbocycles. The van der Waals surface area contributed by atoms with Crippen molar-refractivity contribution < 1.29 is 19.4 Å². The minimum Gasteiger partial charge on any atom is -0.390 e. The van der Waals surface area contributed by atoms with Crippen LogP contribution in [0.1, 0.15) is 45.4 Å². The van der Waals surface area contributed by atoms with Crippen LogP contribution in [0.4, 0.5) is 4.79 Å². The molecule has 10 heteroatoms. The van der Waals surface area contributed by atoms with E-state index in [9.17, 15) is 9.90 Å². The van der Waals surface area contributed by atoms with Crippen LogP contribution < -0.4 is 16.0 Å². The normalized spacial score (nSPS) is 42.3. The maximum absolute atomic E-state index is 13.9. The molecule has 2 amide bonds. The Morgan fingerprint density at radius 2 is 1.97 bits per heavy atom. The molecule has 5 saturated heterocycles. The second-order valence-electron chi connectivity index (χ2n) is 12.8. The summed E-state index contributed by atoms with van der Waals surface area (Å²) in [6.45, 7) is 12.4. The Labute approximate surface area is 211 Å². The highest BCUT2D eigenvalue weighted by Gasteiger charge is 2.56. The van der Waals surface area contributed by atoms with E-state index in [4.69, 9.17) is 9.47 Å². The number of ether oxygens (including phenoxy) is 2. The molecule has 4 N–H and O–H groups in total. The van der Waals surface area contributed by atoms with E-state index in [2.05, 4.69) is 40.5 Å². The summed E-state index contributed by atoms with van der Waals surface area (Å²) in [5.41, 5.74) is -0.746. The number of carbonyl (C=O) groups excluding carboxylic acids is 1. The summed E-state index contributed by atoms with van der Waals surface area (Å²) in [4.78, 5) is 17.9. The van der Waals surface area contributed by atoms with Gasteiger partial charge in [0.15, 0.2) is 0 Å². The van der Waals surface area contributed by atoms with Gasteiger partial charge in [0.05, 0.1) is 23.9 Å². The van der Waals surface area contributed by atoms with Crippen molar-refractivity contribution in [3.05, 3.63) is 0 Å². The van der Waals surface area contributed by atoms with Crippen molar-refractivity contribution in [3.63, 3.8) is 0 Å². The van der Waals surface area contributed by atoms with E-state index < -0.39 is 13.7 Å². The van der Waals surface area contributed by atoms with Gasteiger partial charge in [0, 0.05) is 39.3 Å². The molecule has 8 unspecified atom stereocenters. The molecule has 5 rings (SSSR count). The number of aliphatic hydroxyl groups is 1. The quantitative estimate of drug-likeness (QED) is 0.331. The number of piperidine rings is 3. The van der Waals surface area contributed by atoms with Crippen molar-refractivity contribution in [1.29, 1.82) is 0 Å². The van der Waals surface area contributed by atoms with Crippen molar-refractivity contribution in [2.75, 3.05) is 33.0 Å². The highest BCUT2D eigenvalue weighted by atomic mass is 28.3. The smallest absolute Gasteiger partial charge is 0.324 e. The SMILES string of the molecule is CC1(O)CCCOC2CCNC3C2N(C(=O)N3COCC[Si](C)(C)C)C2CCC3NCCC1C3N2. The summed E-state index contributed by atoms with van der Waals surface area (Å²) in [7, 11) is -1.19. The van der Waals surface area contributed by atoms with Crippen molar-refractivity contribution in [2.24, 2.45) is 5.92 Å². The van der Waals surface area contributed by atoms with Crippen molar-refractivity contribution in [2.45, 2.75) is 113 Å².